The molecule has 7 rings (SSSR count). The van der Waals surface area contributed by atoms with Gasteiger partial charge in [0.15, 0.2) is 5.78 Å². The summed E-state index contributed by atoms with van der Waals surface area (Å²) < 4.78 is 10.8. The fraction of sp³-hybridized carbons (Fsp3) is 0.194. The van der Waals surface area contributed by atoms with Crippen LogP contribution in [0.5, 0.6) is 0 Å². The quantitative estimate of drug-likeness (QED) is 0.116. The smallest absolute Gasteiger partial charge is 1.00 e. The fourth-order valence-corrected chi connectivity index (χ4v) is 5.03. The average molecular weight is 741 g/mol. The Morgan fingerprint density at radius 1 is 0.714 bits per heavy atom. The maximum atomic E-state index is 12.7. The number of carbonyl (C=O) groups excluding carboxylic acids is 2. The van der Waals surface area contributed by atoms with Gasteiger partial charge in [0.05, 0.1) is 35.2 Å². The number of nitrogens with zero attached hydrogens (tertiary/aromatic N) is 5. The van der Waals surface area contributed by atoms with Crippen LogP contribution in [0.3, 0.4) is 0 Å². The van der Waals surface area contributed by atoms with E-state index in [9.17, 15) is 19.2 Å². The van der Waals surface area contributed by atoms with Crippen LogP contribution in [0.25, 0.3) is 22.4 Å². The van der Waals surface area contributed by atoms with E-state index >= 15 is 0 Å². The van der Waals surface area contributed by atoms with Gasteiger partial charge in [-0.05, 0) is 73.5 Å². The predicted molar refractivity (Wildman–Crippen MR) is 187 cm³/mol. The minimum Gasteiger partial charge on any atom is -1.00 e. The molecule has 252 valence electrons. The van der Waals surface area contributed by atoms with Gasteiger partial charge in [-0.1, -0.05) is 36.4 Å². The molecule has 1 saturated heterocycles. The number of halogens is 1. The van der Waals surface area contributed by atoms with Crippen molar-refractivity contribution >= 4 is 45.8 Å². The van der Waals surface area contributed by atoms with E-state index in [1.807, 2.05) is 54.6 Å². The van der Waals surface area contributed by atoms with Crippen molar-refractivity contribution in [3.8, 4) is 11.4 Å². The van der Waals surface area contributed by atoms with Crippen molar-refractivity contribution in [2.75, 3.05) is 27.4 Å². The molecule has 0 aliphatic carbocycles. The SMILES string of the molecule is C1CCOC1.CC(=O)c1cc2cccn2c(=O)n1-c1ccccc1.CON(C)C(=O)c1cc2cccn2c(=O)n1-c1ccccc1.[Br-].[CH3-].[Mg+2]. The summed E-state index contributed by atoms with van der Waals surface area (Å²) in [5, 5.41) is 1.09. The number of ether oxygens (including phenoxy) is 1. The zero-order chi connectivity index (χ0) is 32.6. The summed E-state index contributed by atoms with van der Waals surface area (Å²) in [4.78, 5) is 54.5. The normalized spacial score (nSPS) is 11.5. The number of hydrogen-bond acceptors (Lipinski definition) is 6. The number of fused-ring (bicyclic) bond motifs is 2. The van der Waals surface area contributed by atoms with E-state index in [2.05, 4.69) is 0 Å². The van der Waals surface area contributed by atoms with Crippen molar-refractivity contribution in [1.82, 2.24) is 23.0 Å². The number of aromatic nitrogens is 4. The maximum Gasteiger partial charge on any atom is 2.00 e. The third-order valence-corrected chi connectivity index (χ3v) is 7.40. The molecule has 0 spiro atoms. The third-order valence-electron chi connectivity index (χ3n) is 7.40. The molecule has 0 bridgehead atoms. The first-order valence-corrected chi connectivity index (χ1v) is 14.8. The molecule has 0 radical (unpaired) electrons. The van der Waals surface area contributed by atoms with Gasteiger partial charge in [0.25, 0.3) is 5.91 Å². The van der Waals surface area contributed by atoms with Crippen LogP contribution in [-0.2, 0) is 9.57 Å². The second-order valence-electron chi connectivity index (χ2n) is 10.4. The Kier molecular flexibility index (Phi) is 15.9. The average Bonchev–Trinajstić information content (AvgIpc) is 3.89. The van der Waals surface area contributed by atoms with E-state index in [0.29, 0.717) is 22.6 Å². The van der Waals surface area contributed by atoms with Crippen molar-refractivity contribution in [2.45, 2.75) is 19.8 Å². The molecule has 13 heteroatoms. The van der Waals surface area contributed by atoms with Crippen LogP contribution >= 0.6 is 0 Å². The summed E-state index contributed by atoms with van der Waals surface area (Å²) in [5.41, 5.74) is 2.78. The molecule has 1 aliphatic heterocycles. The molecule has 0 atom stereocenters. The topological polar surface area (TPSA) is 109 Å². The summed E-state index contributed by atoms with van der Waals surface area (Å²) in [7, 11) is 2.91. The van der Waals surface area contributed by atoms with E-state index in [4.69, 9.17) is 9.57 Å². The number of carbonyl (C=O) groups is 2. The molecule has 0 N–H and O–H groups in total. The minimum atomic E-state index is -0.396. The Labute approximate surface area is 311 Å². The van der Waals surface area contributed by atoms with Crippen LogP contribution in [0.4, 0.5) is 0 Å². The van der Waals surface area contributed by atoms with Crippen molar-refractivity contribution in [1.29, 1.82) is 0 Å². The van der Waals surface area contributed by atoms with Gasteiger partial charge in [-0.15, -0.1) is 0 Å². The van der Waals surface area contributed by atoms with Gasteiger partial charge in [-0.2, -0.15) is 0 Å². The molecule has 5 heterocycles. The maximum absolute atomic E-state index is 12.7. The molecule has 0 unspecified atom stereocenters. The molecule has 1 fully saturated rings. The molecule has 11 nitrogen and oxygen atoms in total. The largest absolute Gasteiger partial charge is 2.00 e. The summed E-state index contributed by atoms with van der Waals surface area (Å²) in [6.45, 7) is 3.47. The second kappa shape index (κ2) is 19.1. The predicted octanol–water partition coefficient (Wildman–Crippen LogP) is 1.89. The van der Waals surface area contributed by atoms with Gasteiger partial charge in [-0.3, -0.25) is 32.4 Å². The monoisotopic (exact) mass is 739 g/mol. The molecule has 49 heavy (non-hydrogen) atoms. The van der Waals surface area contributed by atoms with E-state index in [1.165, 1.54) is 51.9 Å². The summed E-state index contributed by atoms with van der Waals surface area (Å²) in [5.74, 6) is -0.531. The Hall–Kier alpha value is -4.27. The first-order valence-electron chi connectivity index (χ1n) is 14.8. The first kappa shape index (κ1) is 40.9. The number of ketones is 1. The van der Waals surface area contributed by atoms with Gasteiger partial charge in [-0.25, -0.2) is 14.7 Å². The van der Waals surface area contributed by atoms with E-state index in [-0.39, 0.29) is 70.3 Å². The van der Waals surface area contributed by atoms with Crippen LogP contribution in [0.1, 0.15) is 40.7 Å². The zero-order valence-electron chi connectivity index (χ0n) is 28.0. The molecule has 4 aromatic heterocycles. The Balaban J connectivity index is 0.000000284. The van der Waals surface area contributed by atoms with Crippen LogP contribution in [0.15, 0.2) is 119 Å². The molecular formula is C36H38BrMgN5O6. The van der Waals surface area contributed by atoms with Crippen LogP contribution in [0, 0.1) is 7.43 Å². The minimum absolute atomic E-state index is 0. The van der Waals surface area contributed by atoms with Crippen LogP contribution in [0.2, 0.25) is 0 Å². The van der Waals surface area contributed by atoms with Crippen molar-refractivity contribution in [2.24, 2.45) is 0 Å². The van der Waals surface area contributed by atoms with Crippen molar-refractivity contribution < 1.29 is 36.1 Å². The summed E-state index contributed by atoms with van der Waals surface area (Å²) in [6.07, 6.45) is 5.92. The van der Waals surface area contributed by atoms with Gasteiger partial charge < -0.3 is 29.1 Å². The van der Waals surface area contributed by atoms with Gasteiger partial charge in [0, 0.05) is 39.6 Å². The van der Waals surface area contributed by atoms with E-state index < -0.39 is 5.91 Å². The number of Topliss-reactive ketones (excluding diaryl/α,β-unsaturated/α-hetero) is 1. The van der Waals surface area contributed by atoms with E-state index in [0.717, 1.165) is 23.8 Å². The number of para-hydroxylation sites is 2. The van der Waals surface area contributed by atoms with Crippen molar-refractivity contribution in [3.63, 3.8) is 0 Å². The van der Waals surface area contributed by atoms with Gasteiger partial charge in [0.2, 0.25) is 0 Å². The molecule has 2 aromatic carbocycles. The number of benzene rings is 2. The first-order chi connectivity index (χ1) is 22.3. The molecule has 1 amide bonds. The van der Waals surface area contributed by atoms with Crippen LogP contribution in [-0.4, -0.2) is 85.1 Å². The Morgan fingerprint density at radius 2 is 1.14 bits per heavy atom. The Bertz CT molecular complexity index is 2080. The molecule has 0 saturated carbocycles. The molecule has 1 aliphatic rings. The number of hydrogen-bond donors (Lipinski definition) is 0. The number of amides is 1. The van der Waals surface area contributed by atoms with Gasteiger partial charge >= 0.3 is 34.4 Å². The van der Waals surface area contributed by atoms with E-state index in [1.54, 1.807) is 54.9 Å². The van der Waals surface area contributed by atoms with Gasteiger partial charge in [0.1, 0.15) is 5.69 Å². The second-order valence-corrected chi connectivity index (χ2v) is 10.4. The fourth-order valence-electron chi connectivity index (χ4n) is 5.03. The van der Waals surface area contributed by atoms with Crippen LogP contribution < -0.4 is 28.4 Å². The number of rotatable bonds is 5. The molecular weight excluding hydrogens is 703 g/mol. The molecule has 6 aromatic rings. The summed E-state index contributed by atoms with van der Waals surface area (Å²) in [6, 6.07) is 28.8. The number of hydroxylamine groups is 2. The van der Waals surface area contributed by atoms with Crippen molar-refractivity contribution in [3.05, 3.63) is 149 Å². The zero-order valence-corrected chi connectivity index (χ0v) is 31.0. The Morgan fingerprint density at radius 3 is 1.53 bits per heavy atom. The summed E-state index contributed by atoms with van der Waals surface area (Å²) >= 11 is 0. The third kappa shape index (κ3) is 9.25. The standard InChI is InChI=1S/C16H15N3O3.C15H12N2O2.C4H8O.CH3.BrH.Mg/c1-17(22-2)15(20)14-11-13-9-6-10-18(13)16(21)19(14)12-7-4-3-5-8-12;1-11(18)14-10-13-8-5-9-16(13)15(19)17(14)12-6-3-2-4-7-12;1-2-4-5-3-1;;;/h3-11H,1-2H3;2-10H,1H3;1-4H2;1H3;1H;/q;;;-1;;+2/p-1.